The first-order valence-corrected chi connectivity index (χ1v) is 14.5. The molecule has 2 N–H and O–H groups in total. The van der Waals surface area contributed by atoms with Crippen molar-refractivity contribution in [2.24, 2.45) is 5.73 Å². The summed E-state index contributed by atoms with van der Waals surface area (Å²) in [6.45, 7) is 1.85. The van der Waals surface area contributed by atoms with Gasteiger partial charge in [-0.05, 0) is 25.3 Å². The summed E-state index contributed by atoms with van der Waals surface area (Å²) < 4.78 is 41.9. The summed E-state index contributed by atoms with van der Waals surface area (Å²) in [5, 5.41) is 0.739. The minimum Gasteiger partial charge on any atom is -0.483 e. The van der Waals surface area contributed by atoms with E-state index in [0.29, 0.717) is 12.8 Å². The van der Waals surface area contributed by atoms with E-state index in [1.165, 1.54) is 18.4 Å². The van der Waals surface area contributed by atoms with Gasteiger partial charge >= 0.3 is 0 Å². The molecular formula is C30H30ClF2N5O6. The Morgan fingerprint density at radius 2 is 2.00 bits per heavy atom. The Bertz CT molecular complexity index is 1690. The van der Waals surface area contributed by atoms with E-state index in [-0.39, 0.29) is 54.9 Å². The van der Waals surface area contributed by atoms with Gasteiger partial charge in [0.1, 0.15) is 29.0 Å². The maximum Gasteiger partial charge on any atom is 0.274 e. The van der Waals surface area contributed by atoms with Gasteiger partial charge in [0.15, 0.2) is 23.1 Å². The number of nitrogens with zero attached hydrogens (tertiary/aromatic N) is 4. The third kappa shape index (κ3) is 5.03. The molecule has 0 aliphatic carbocycles. The molecule has 1 unspecified atom stereocenters. The number of pyridine rings is 2. The number of halogens is 3. The van der Waals surface area contributed by atoms with Crippen molar-refractivity contribution >= 4 is 23.4 Å². The molecule has 44 heavy (non-hydrogen) atoms. The second-order valence-corrected chi connectivity index (χ2v) is 11.6. The summed E-state index contributed by atoms with van der Waals surface area (Å²) in [4.78, 5) is 52.1. The van der Waals surface area contributed by atoms with Gasteiger partial charge in [0, 0.05) is 32.3 Å². The van der Waals surface area contributed by atoms with Crippen molar-refractivity contribution < 1.29 is 32.7 Å². The van der Waals surface area contributed by atoms with Crippen LogP contribution in [-0.4, -0.2) is 62.9 Å². The monoisotopic (exact) mass is 629 g/mol. The second kappa shape index (κ2) is 11.5. The highest BCUT2D eigenvalue weighted by Crippen LogP contribution is 2.49. The Morgan fingerprint density at radius 3 is 2.70 bits per heavy atom. The smallest absolute Gasteiger partial charge is 0.274 e. The predicted octanol–water partition coefficient (Wildman–Crippen LogP) is 3.58. The molecule has 0 radical (unpaired) electrons. The summed E-state index contributed by atoms with van der Waals surface area (Å²) in [5.41, 5.74) is 4.06. The Morgan fingerprint density at radius 1 is 1.25 bits per heavy atom. The highest BCUT2D eigenvalue weighted by atomic mass is 35.5. The standard InChI is InChI=1S/C30H30ClF2N5O6/c1-16-8-9-30(10-22(42-2)38(44-30)13-20-24(33)23(31)19(32)11-35-20)21-14-36(16)29(41)25-27(43-15-17-6-4-3-5-7-17)26(39)18(28(34)40)12-37(21)25/h3-7,11-12,16,21-22H,8-10,13-15H2,1-2H3,(H2,34,40)/t16-,21+,22?,30-/m0/s1. The number of rotatable bonds is 7. The van der Waals surface area contributed by atoms with Gasteiger partial charge in [-0.3, -0.25) is 24.2 Å². The van der Waals surface area contributed by atoms with Crippen LogP contribution >= 0.6 is 11.6 Å². The minimum atomic E-state index is -1.04. The van der Waals surface area contributed by atoms with Gasteiger partial charge in [0.05, 0.1) is 24.5 Å². The van der Waals surface area contributed by atoms with E-state index in [1.807, 2.05) is 37.3 Å². The average Bonchev–Trinajstić information content (AvgIpc) is 3.32. The first kappa shape index (κ1) is 30.1. The van der Waals surface area contributed by atoms with E-state index in [1.54, 1.807) is 9.47 Å². The lowest BCUT2D eigenvalue weighted by Gasteiger charge is -2.42. The first-order valence-electron chi connectivity index (χ1n) is 14.1. The molecular weight excluding hydrogens is 600 g/mol. The van der Waals surface area contributed by atoms with Crippen molar-refractivity contribution in [3.63, 3.8) is 0 Å². The summed E-state index contributed by atoms with van der Waals surface area (Å²) in [6, 6.07) is 8.21. The topological polar surface area (TPSA) is 129 Å². The van der Waals surface area contributed by atoms with Crippen LogP contribution in [0.25, 0.3) is 0 Å². The number of hydroxylamine groups is 2. The molecule has 2 amide bonds. The molecule has 14 heteroatoms. The molecule has 3 aliphatic heterocycles. The van der Waals surface area contributed by atoms with Crippen LogP contribution in [0.1, 0.15) is 64.3 Å². The largest absolute Gasteiger partial charge is 0.483 e. The molecule has 1 spiro atoms. The number of methoxy groups -OCH3 is 1. The van der Waals surface area contributed by atoms with Crippen molar-refractivity contribution in [1.29, 1.82) is 0 Å². The van der Waals surface area contributed by atoms with E-state index in [0.717, 1.165) is 11.8 Å². The molecule has 0 saturated carbocycles. The molecule has 2 bridgehead atoms. The fourth-order valence-corrected chi connectivity index (χ4v) is 6.47. The van der Waals surface area contributed by atoms with Crippen LogP contribution in [0, 0.1) is 11.6 Å². The van der Waals surface area contributed by atoms with Crippen molar-refractivity contribution in [2.45, 2.75) is 63.3 Å². The Hall–Kier alpha value is -3.91. The zero-order valence-corrected chi connectivity index (χ0v) is 24.7. The molecule has 11 nitrogen and oxygen atoms in total. The summed E-state index contributed by atoms with van der Waals surface area (Å²) in [6.07, 6.45) is 2.69. The summed E-state index contributed by atoms with van der Waals surface area (Å²) in [7, 11) is 1.48. The van der Waals surface area contributed by atoms with Gasteiger partial charge in [-0.25, -0.2) is 8.78 Å². The quantitative estimate of drug-likeness (QED) is 0.420. The molecule has 3 aliphatic rings. The molecule has 2 fully saturated rings. The minimum absolute atomic E-state index is 0.0191. The molecule has 5 heterocycles. The van der Waals surface area contributed by atoms with Gasteiger partial charge in [-0.15, -0.1) is 0 Å². The van der Waals surface area contributed by atoms with Crippen molar-refractivity contribution in [2.75, 3.05) is 13.7 Å². The van der Waals surface area contributed by atoms with E-state index >= 15 is 0 Å². The third-order valence-electron chi connectivity index (χ3n) is 8.68. The number of ether oxygens (including phenoxy) is 2. The number of hydrogen-bond acceptors (Lipinski definition) is 8. The molecule has 2 aromatic heterocycles. The summed E-state index contributed by atoms with van der Waals surface area (Å²) >= 11 is 5.79. The third-order valence-corrected chi connectivity index (χ3v) is 9.03. The number of primary amides is 1. The Labute approximate surface area is 256 Å². The lowest BCUT2D eigenvalue weighted by atomic mass is 9.85. The van der Waals surface area contributed by atoms with Gasteiger partial charge in [-0.1, -0.05) is 41.9 Å². The van der Waals surface area contributed by atoms with Crippen LogP contribution in [0.3, 0.4) is 0 Å². The lowest BCUT2D eigenvalue weighted by molar-refractivity contribution is -0.253. The van der Waals surface area contributed by atoms with E-state index < -0.39 is 51.8 Å². The fourth-order valence-electron chi connectivity index (χ4n) is 6.31. The van der Waals surface area contributed by atoms with Crippen LogP contribution in [0.5, 0.6) is 5.75 Å². The van der Waals surface area contributed by atoms with Crippen LogP contribution < -0.4 is 15.9 Å². The van der Waals surface area contributed by atoms with Crippen LogP contribution in [0.2, 0.25) is 5.02 Å². The molecule has 2 saturated heterocycles. The van der Waals surface area contributed by atoms with Crippen molar-refractivity contribution in [3.8, 4) is 5.75 Å². The number of nitrogens with two attached hydrogens (primary N) is 1. The number of hydrogen-bond donors (Lipinski definition) is 1. The van der Waals surface area contributed by atoms with Gasteiger partial charge in [-0.2, -0.15) is 5.06 Å². The molecule has 3 aromatic rings. The Kier molecular flexibility index (Phi) is 7.91. The number of fused-ring (bicyclic) bond motifs is 5. The number of aromatic nitrogens is 2. The van der Waals surface area contributed by atoms with Crippen LogP contribution in [0.15, 0.2) is 47.5 Å². The van der Waals surface area contributed by atoms with Crippen LogP contribution in [0.4, 0.5) is 8.78 Å². The van der Waals surface area contributed by atoms with E-state index in [2.05, 4.69) is 4.98 Å². The number of benzene rings is 1. The van der Waals surface area contributed by atoms with Gasteiger partial charge in [0.2, 0.25) is 5.43 Å². The van der Waals surface area contributed by atoms with E-state index in [9.17, 15) is 23.2 Å². The molecule has 232 valence electrons. The van der Waals surface area contributed by atoms with Crippen molar-refractivity contribution in [3.05, 3.63) is 92.1 Å². The van der Waals surface area contributed by atoms with Gasteiger partial charge in [0.25, 0.3) is 11.8 Å². The lowest BCUT2D eigenvalue weighted by Crippen LogP contribution is -2.52. The SMILES string of the molecule is COC1C[C@]2(CC[C@H](C)N3C[C@H]2n2cc(C(N)=O)c(=O)c(OCc4ccccc4)c2C3=O)ON1Cc1ncc(F)c(Cl)c1F. The number of carbonyl (C=O) groups is 2. The number of carbonyl (C=O) groups excluding carboxylic acids is 2. The zero-order chi connectivity index (χ0) is 31.3. The normalized spacial score (nSPS) is 24.8. The fraction of sp³-hybridized carbons (Fsp3) is 0.400. The van der Waals surface area contributed by atoms with Crippen LogP contribution in [-0.2, 0) is 22.7 Å². The molecule has 6 rings (SSSR count). The highest BCUT2D eigenvalue weighted by molar-refractivity contribution is 6.30. The Balaban J connectivity index is 1.45. The molecule has 4 atom stereocenters. The highest BCUT2D eigenvalue weighted by Gasteiger charge is 2.57. The van der Waals surface area contributed by atoms with E-state index in [4.69, 9.17) is 31.6 Å². The average molecular weight is 630 g/mol. The van der Waals surface area contributed by atoms with Crippen molar-refractivity contribution in [1.82, 2.24) is 19.5 Å². The summed E-state index contributed by atoms with van der Waals surface area (Å²) in [5.74, 6) is -3.67. The maximum absolute atomic E-state index is 14.8. The first-order chi connectivity index (χ1) is 21.0. The maximum atomic E-state index is 14.8. The predicted molar refractivity (Wildman–Crippen MR) is 153 cm³/mol. The zero-order valence-electron chi connectivity index (χ0n) is 24.0. The number of amides is 2. The van der Waals surface area contributed by atoms with Gasteiger partial charge < -0.3 is 24.7 Å². The molecule has 1 aromatic carbocycles. The second-order valence-electron chi connectivity index (χ2n) is 11.3.